The van der Waals surface area contributed by atoms with Crippen LogP contribution >= 0.6 is 0 Å². The molecule has 1 aromatic heterocycles. The average Bonchev–Trinajstić information content (AvgIpc) is 3.16. The fourth-order valence-corrected chi connectivity index (χ4v) is 2.77. The average molecular weight is 317 g/mol. The summed E-state index contributed by atoms with van der Waals surface area (Å²) in [5.74, 6) is -1.53. The number of likely N-dealkylation sites (tertiary alicyclic amines) is 1. The van der Waals surface area contributed by atoms with Crippen molar-refractivity contribution in [1.29, 1.82) is 0 Å². The van der Waals surface area contributed by atoms with Gasteiger partial charge in [0.1, 0.15) is 11.9 Å². The van der Waals surface area contributed by atoms with E-state index < -0.39 is 12.0 Å². The molecule has 1 amide bonds. The highest BCUT2D eigenvalue weighted by Gasteiger charge is 2.33. The van der Waals surface area contributed by atoms with Crippen molar-refractivity contribution in [3.63, 3.8) is 0 Å². The first kappa shape index (κ1) is 15.2. The van der Waals surface area contributed by atoms with Crippen LogP contribution in [0.5, 0.6) is 0 Å². The Morgan fingerprint density at radius 3 is 2.70 bits per heavy atom. The second-order valence-corrected chi connectivity index (χ2v) is 5.49. The number of rotatable bonds is 4. The molecule has 0 radical (unpaired) electrons. The predicted octanol–water partition coefficient (Wildman–Crippen LogP) is 1.63. The zero-order chi connectivity index (χ0) is 16.4. The van der Waals surface area contributed by atoms with E-state index in [1.165, 1.54) is 17.0 Å². The molecule has 2 aromatic rings. The van der Waals surface area contributed by atoms with Crippen molar-refractivity contribution in [2.45, 2.75) is 25.3 Å². The molecule has 0 saturated carbocycles. The summed E-state index contributed by atoms with van der Waals surface area (Å²) < 4.78 is 14.5. The molecule has 0 aliphatic carbocycles. The van der Waals surface area contributed by atoms with Gasteiger partial charge >= 0.3 is 5.97 Å². The van der Waals surface area contributed by atoms with Gasteiger partial charge < -0.3 is 10.0 Å². The van der Waals surface area contributed by atoms with Crippen LogP contribution < -0.4 is 0 Å². The van der Waals surface area contributed by atoms with E-state index in [4.69, 9.17) is 5.11 Å². The van der Waals surface area contributed by atoms with Crippen LogP contribution in [0, 0.1) is 5.82 Å². The van der Waals surface area contributed by atoms with Crippen molar-refractivity contribution >= 4 is 11.9 Å². The van der Waals surface area contributed by atoms with Crippen molar-refractivity contribution in [3.05, 3.63) is 48.0 Å². The fraction of sp³-hybridized carbons (Fsp3) is 0.312. The van der Waals surface area contributed by atoms with E-state index in [2.05, 4.69) is 5.10 Å². The third-order valence-corrected chi connectivity index (χ3v) is 3.93. The molecule has 3 rings (SSSR count). The minimum absolute atomic E-state index is 0.0535. The molecule has 1 fully saturated rings. The fourth-order valence-electron chi connectivity index (χ4n) is 2.77. The van der Waals surface area contributed by atoms with E-state index in [0.29, 0.717) is 30.8 Å². The molecule has 2 heterocycles. The van der Waals surface area contributed by atoms with E-state index in [9.17, 15) is 14.0 Å². The monoisotopic (exact) mass is 317 g/mol. The Balaban J connectivity index is 1.70. The molecule has 1 N–H and O–H groups in total. The summed E-state index contributed by atoms with van der Waals surface area (Å²) in [6.45, 7) is 0.467. The summed E-state index contributed by atoms with van der Waals surface area (Å²) in [4.78, 5) is 24.8. The highest BCUT2D eigenvalue weighted by atomic mass is 19.1. The van der Waals surface area contributed by atoms with Crippen molar-refractivity contribution in [3.8, 4) is 5.69 Å². The van der Waals surface area contributed by atoms with E-state index >= 15 is 0 Å². The second-order valence-electron chi connectivity index (χ2n) is 5.49. The van der Waals surface area contributed by atoms with Gasteiger partial charge in [0.25, 0.3) is 0 Å². The molecular weight excluding hydrogens is 301 g/mol. The summed E-state index contributed by atoms with van der Waals surface area (Å²) in [6.07, 6.45) is 2.93. The quantitative estimate of drug-likeness (QED) is 0.930. The third kappa shape index (κ3) is 3.23. The first-order valence-corrected chi connectivity index (χ1v) is 7.37. The van der Waals surface area contributed by atoms with Crippen molar-refractivity contribution in [1.82, 2.24) is 14.7 Å². The van der Waals surface area contributed by atoms with Crippen LogP contribution in [-0.2, 0) is 16.0 Å². The molecule has 7 heteroatoms. The van der Waals surface area contributed by atoms with Gasteiger partial charge in [0.05, 0.1) is 17.8 Å². The number of benzene rings is 1. The molecule has 1 aliphatic rings. The molecule has 1 atom stereocenters. The molecular formula is C16H16FN3O3. The Bertz CT molecular complexity index is 726. The van der Waals surface area contributed by atoms with Gasteiger partial charge in [-0.05, 0) is 43.2 Å². The lowest BCUT2D eigenvalue weighted by Crippen LogP contribution is -2.41. The molecule has 120 valence electrons. The molecule has 0 bridgehead atoms. The number of hydrogen-bond donors (Lipinski definition) is 1. The van der Waals surface area contributed by atoms with Crippen LogP contribution in [0.15, 0.2) is 36.5 Å². The van der Waals surface area contributed by atoms with Crippen molar-refractivity contribution < 1.29 is 19.1 Å². The predicted molar refractivity (Wildman–Crippen MR) is 79.6 cm³/mol. The second kappa shape index (κ2) is 6.20. The lowest BCUT2D eigenvalue weighted by molar-refractivity contribution is -0.148. The molecule has 1 aliphatic heterocycles. The van der Waals surface area contributed by atoms with E-state index in [1.54, 1.807) is 29.1 Å². The van der Waals surface area contributed by atoms with Crippen LogP contribution in [0.4, 0.5) is 4.39 Å². The molecule has 0 unspecified atom stereocenters. The lowest BCUT2D eigenvalue weighted by atomic mass is 10.2. The van der Waals surface area contributed by atoms with E-state index in [-0.39, 0.29) is 18.1 Å². The summed E-state index contributed by atoms with van der Waals surface area (Å²) >= 11 is 0. The Morgan fingerprint density at radius 1 is 1.26 bits per heavy atom. The van der Waals surface area contributed by atoms with Crippen LogP contribution in [-0.4, -0.2) is 44.3 Å². The van der Waals surface area contributed by atoms with Gasteiger partial charge in [-0.1, -0.05) is 0 Å². The van der Waals surface area contributed by atoms with E-state index in [1.807, 2.05) is 0 Å². The lowest BCUT2D eigenvalue weighted by Gasteiger charge is -2.20. The van der Waals surface area contributed by atoms with Gasteiger partial charge in [0.15, 0.2) is 0 Å². The Labute approximate surface area is 132 Å². The van der Waals surface area contributed by atoms with Crippen LogP contribution in [0.1, 0.15) is 18.5 Å². The van der Waals surface area contributed by atoms with Gasteiger partial charge in [-0.2, -0.15) is 5.10 Å². The number of nitrogens with zero attached hydrogens (tertiary/aromatic N) is 3. The summed E-state index contributed by atoms with van der Waals surface area (Å²) in [5.41, 5.74) is 1.24. The van der Waals surface area contributed by atoms with Crippen LogP contribution in [0.3, 0.4) is 0 Å². The minimum Gasteiger partial charge on any atom is -0.480 e. The number of aromatic nitrogens is 2. The zero-order valence-electron chi connectivity index (χ0n) is 12.4. The number of carboxylic acid groups (broad SMARTS) is 1. The Morgan fingerprint density at radius 2 is 2.00 bits per heavy atom. The number of carbonyl (C=O) groups is 2. The molecule has 1 saturated heterocycles. The number of aliphatic carboxylic acids is 1. The number of carboxylic acids is 1. The third-order valence-electron chi connectivity index (χ3n) is 3.93. The van der Waals surface area contributed by atoms with Crippen LogP contribution in [0.25, 0.3) is 5.69 Å². The molecule has 23 heavy (non-hydrogen) atoms. The Hall–Kier alpha value is -2.70. The summed E-state index contributed by atoms with van der Waals surface area (Å²) in [5, 5.41) is 13.4. The maximum absolute atomic E-state index is 12.9. The Kier molecular flexibility index (Phi) is 4.10. The minimum atomic E-state index is -0.965. The topological polar surface area (TPSA) is 75.4 Å². The molecule has 1 aromatic carbocycles. The largest absolute Gasteiger partial charge is 0.480 e. The van der Waals surface area contributed by atoms with Crippen LogP contribution in [0.2, 0.25) is 0 Å². The number of carbonyl (C=O) groups excluding carboxylic acids is 1. The number of amides is 1. The van der Waals surface area contributed by atoms with E-state index in [0.717, 1.165) is 0 Å². The number of hydrogen-bond acceptors (Lipinski definition) is 3. The maximum Gasteiger partial charge on any atom is 0.326 e. The molecule has 0 spiro atoms. The van der Waals surface area contributed by atoms with Gasteiger partial charge in [-0.3, -0.25) is 4.79 Å². The highest BCUT2D eigenvalue weighted by Crippen LogP contribution is 2.19. The standard InChI is InChI=1S/C16H16FN3O3/c17-11-3-5-13(6-4-11)20-9-7-12(18-20)10-15(21)19-8-1-2-14(19)16(22)23/h3-7,9,14H,1-2,8,10H2,(H,22,23)/t14-/m1/s1. The van der Waals surface area contributed by atoms with Gasteiger partial charge in [-0.15, -0.1) is 0 Å². The smallest absolute Gasteiger partial charge is 0.326 e. The SMILES string of the molecule is O=C(O)[C@H]1CCCN1C(=O)Cc1ccn(-c2ccc(F)cc2)n1. The van der Waals surface area contributed by atoms with Gasteiger partial charge in [0.2, 0.25) is 5.91 Å². The first-order valence-electron chi connectivity index (χ1n) is 7.37. The van der Waals surface area contributed by atoms with Gasteiger partial charge in [0, 0.05) is 12.7 Å². The van der Waals surface area contributed by atoms with Gasteiger partial charge in [-0.25, -0.2) is 13.9 Å². The normalized spacial score (nSPS) is 17.4. The van der Waals surface area contributed by atoms with Crippen molar-refractivity contribution in [2.75, 3.05) is 6.54 Å². The molecule has 6 nitrogen and oxygen atoms in total. The first-order chi connectivity index (χ1) is 11.0. The highest BCUT2D eigenvalue weighted by molar-refractivity contribution is 5.85. The van der Waals surface area contributed by atoms with Crippen molar-refractivity contribution in [2.24, 2.45) is 0 Å². The zero-order valence-corrected chi connectivity index (χ0v) is 12.4. The summed E-state index contributed by atoms with van der Waals surface area (Å²) in [6, 6.07) is 6.82. The summed E-state index contributed by atoms with van der Waals surface area (Å²) in [7, 11) is 0. The number of halogens is 1. The maximum atomic E-state index is 12.9.